The molecule has 2 rings (SSSR count). The van der Waals surface area contributed by atoms with E-state index in [0.717, 1.165) is 24.5 Å². The van der Waals surface area contributed by atoms with Crippen molar-refractivity contribution in [1.82, 2.24) is 5.32 Å². The van der Waals surface area contributed by atoms with Gasteiger partial charge in [0, 0.05) is 11.1 Å². The highest BCUT2D eigenvalue weighted by molar-refractivity contribution is 6.30. The molecule has 106 valence electrons. The van der Waals surface area contributed by atoms with Crippen molar-refractivity contribution < 1.29 is 4.74 Å². The van der Waals surface area contributed by atoms with E-state index >= 15 is 0 Å². The van der Waals surface area contributed by atoms with Gasteiger partial charge in [0.15, 0.2) is 0 Å². The molecule has 0 aliphatic carbocycles. The number of ether oxygens (including phenoxy) is 1. The first kappa shape index (κ1) is 14.9. The van der Waals surface area contributed by atoms with Crippen LogP contribution in [0.1, 0.15) is 31.9 Å². The van der Waals surface area contributed by atoms with E-state index in [1.807, 2.05) is 36.4 Å². The molecule has 1 N–H and O–H groups in total. The molecule has 20 heavy (non-hydrogen) atoms. The van der Waals surface area contributed by atoms with Crippen LogP contribution < -0.4 is 10.1 Å². The molecule has 0 aliphatic rings. The quantitative estimate of drug-likeness (QED) is 0.790. The Kier molecular flexibility index (Phi) is 5.45. The predicted octanol–water partition coefficient (Wildman–Crippen LogP) is 5.19. The molecule has 0 fully saturated rings. The lowest BCUT2D eigenvalue weighted by molar-refractivity contribution is 0.479. The van der Waals surface area contributed by atoms with E-state index in [4.69, 9.17) is 16.3 Å². The molecule has 2 nitrogen and oxygen atoms in total. The van der Waals surface area contributed by atoms with Crippen molar-refractivity contribution >= 4 is 11.6 Å². The number of benzene rings is 2. The molecule has 1 atom stereocenters. The van der Waals surface area contributed by atoms with E-state index < -0.39 is 0 Å². The van der Waals surface area contributed by atoms with E-state index in [-0.39, 0.29) is 0 Å². The Morgan fingerprint density at radius 1 is 1.10 bits per heavy atom. The maximum Gasteiger partial charge on any atom is 0.127 e. The minimum Gasteiger partial charge on any atom is -0.457 e. The van der Waals surface area contributed by atoms with E-state index in [0.29, 0.717) is 11.1 Å². The highest BCUT2D eigenvalue weighted by Crippen LogP contribution is 2.25. The summed E-state index contributed by atoms with van der Waals surface area (Å²) in [6.45, 7) is 5.35. The second-order valence-corrected chi connectivity index (χ2v) is 5.24. The van der Waals surface area contributed by atoms with Crippen LogP contribution in [0.4, 0.5) is 0 Å². The van der Waals surface area contributed by atoms with Crippen molar-refractivity contribution in [2.45, 2.75) is 26.3 Å². The zero-order valence-corrected chi connectivity index (χ0v) is 12.7. The summed E-state index contributed by atoms with van der Waals surface area (Å²) in [5, 5.41) is 4.19. The van der Waals surface area contributed by atoms with Crippen LogP contribution in [-0.4, -0.2) is 6.54 Å². The molecule has 2 aromatic carbocycles. The van der Waals surface area contributed by atoms with Crippen LogP contribution >= 0.6 is 11.6 Å². The Balaban J connectivity index is 2.07. The highest BCUT2D eigenvalue weighted by Gasteiger charge is 2.05. The summed E-state index contributed by atoms with van der Waals surface area (Å²) in [5.74, 6) is 1.63. The van der Waals surface area contributed by atoms with Gasteiger partial charge in [-0.05, 0) is 61.9 Å². The van der Waals surface area contributed by atoms with Gasteiger partial charge in [-0.1, -0.05) is 30.7 Å². The van der Waals surface area contributed by atoms with Crippen molar-refractivity contribution in [2.24, 2.45) is 0 Å². The average Bonchev–Trinajstić information content (AvgIpc) is 2.47. The molecule has 2 aromatic rings. The van der Waals surface area contributed by atoms with Crippen LogP contribution in [0.25, 0.3) is 0 Å². The summed E-state index contributed by atoms with van der Waals surface area (Å²) in [7, 11) is 0. The Hall–Kier alpha value is -1.51. The van der Waals surface area contributed by atoms with Gasteiger partial charge in [-0.15, -0.1) is 0 Å². The van der Waals surface area contributed by atoms with Crippen molar-refractivity contribution in [1.29, 1.82) is 0 Å². The molecule has 0 amide bonds. The Bertz CT molecular complexity index is 539. The first-order valence-corrected chi connectivity index (χ1v) is 7.33. The van der Waals surface area contributed by atoms with E-state index in [1.165, 1.54) is 5.56 Å². The fourth-order valence-corrected chi connectivity index (χ4v) is 2.09. The summed E-state index contributed by atoms with van der Waals surface area (Å²) in [4.78, 5) is 0. The minimum atomic E-state index is 0.323. The number of halogens is 1. The van der Waals surface area contributed by atoms with Crippen LogP contribution in [-0.2, 0) is 0 Å². The smallest absolute Gasteiger partial charge is 0.127 e. The third kappa shape index (κ3) is 4.26. The minimum absolute atomic E-state index is 0.323. The molecule has 1 unspecified atom stereocenters. The molecule has 0 saturated carbocycles. The summed E-state index contributed by atoms with van der Waals surface area (Å²) in [6.07, 6.45) is 1.13. The van der Waals surface area contributed by atoms with Gasteiger partial charge in [-0.2, -0.15) is 0 Å². The Morgan fingerprint density at radius 3 is 2.55 bits per heavy atom. The van der Waals surface area contributed by atoms with E-state index in [9.17, 15) is 0 Å². The maximum atomic E-state index is 5.87. The number of nitrogens with one attached hydrogen (secondary N) is 1. The third-order valence-corrected chi connectivity index (χ3v) is 3.36. The SMILES string of the molecule is CCCNC(C)c1cccc(Oc2ccc(Cl)cc2)c1. The van der Waals surface area contributed by atoms with E-state index in [1.54, 1.807) is 0 Å². The lowest BCUT2D eigenvalue weighted by Crippen LogP contribution is -2.19. The fraction of sp³-hybridized carbons (Fsp3) is 0.294. The summed E-state index contributed by atoms with van der Waals surface area (Å²) in [5.41, 5.74) is 1.23. The van der Waals surface area contributed by atoms with Crippen LogP contribution in [0.5, 0.6) is 11.5 Å². The number of hydrogen-bond donors (Lipinski definition) is 1. The zero-order chi connectivity index (χ0) is 14.4. The molecule has 0 heterocycles. The van der Waals surface area contributed by atoms with Crippen molar-refractivity contribution in [3.05, 3.63) is 59.1 Å². The molecular formula is C17H20ClNO. The second-order valence-electron chi connectivity index (χ2n) is 4.80. The van der Waals surface area contributed by atoms with Crippen molar-refractivity contribution in [2.75, 3.05) is 6.54 Å². The van der Waals surface area contributed by atoms with Gasteiger partial charge in [0.1, 0.15) is 11.5 Å². The third-order valence-electron chi connectivity index (χ3n) is 3.11. The fourth-order valence-electron chi connectivity index (χ4n) is 1.96. The first-order chi connectivity index (χ1) is 9.69. The molecule has 0 spiro atoms. The van der Waals surface area contributed by atoms with Gasteiger partial charge < -0.3 is 10.1 Å². The standard InChI is InChI=1S/C17H20ClNO/c1-3-11-19-13(2)14-5-4-6-17(12-14)20-16-9-7-15(18)8-10-16/h4-10,12-13,19H,3,11H2,1-2H3. The number of rotatable bonds is 6. The van der Waals surface area contributed by atoms with Crippen LogP contribution in [0.15, 0.2) is 48.5 Å². The zero-order valence-electron chi connectivity index (χ0n) is 11.9. The Labute approximate surface area is 125 Å². The molecule has 0 aromatic heterocycles. The highest BCUT2D eigenvalue weighted by atomic mass is 35.5. The van der Waals surface area contributed by atoms with Gasteiger partial charge in [-0.25, -0.2) is 0 Å². The average molecular weight is 290 g/mol. The lowest BCUT2D eigenvalue weighted by atomic mass is 10.1. The molecule has 0 radical (unpaired) electrons. The normalized spacial score (nSPS) is 12.2. The van der Waals surface area contributed by atoms with Gasteiger partial charge in [-0.3, -0.25) is 0 Å². The largest absolute Gasteiger partial charge is 0.457 e. The lowest BCUT2D eigenvalue weighted by Gasteiger charge is -2.15. The molecular weight excluding hydrogens is 270 g/mol. The molecule has 0 aliphatic heterocycles. The Morgan fingerprint density at radius 2 is 1.85 bits per heavy atom. The monoisotopic (exact) mass is 289 g/mol. The molecule has 0 saturated heterocycles. The number of hydrogen-bond acceptors (Lipinski definition) is 2. The predicted molar refractivity (Wildman–Crippen MR) is 84.7 cm³/mol. The van der Waals surface area contributed by atoms with Crippen molar-refractivity contribution in [3.63, 3.8) is 0 Å². The van der Waals surface area contributed by atoms with Crippen LogP contribution in [0.2, 0.25) is 5.02 Å². The van der Waals surface area contributed by atoms with Crippen molar-refractivity contribution in [3.8, 4) is 11.5 Å². The van der Waals surface area contributed by atoms with Gasteiger partial charge in [0.25, 0.3) is 0 Å². The molecule has 0 bridgehead atoms. The summed E-state index contributed by atoms with van der Waals surface area (Å²) >= 11 is 5.87. The first-order valence-electron chi connectivity index (χ1n) is 6.96. The molecule has 3 heteroatoms. The van der Waals surface area contributed by atoms with Crippen LogP contribution in [0.3, 0.4) is 0 Å². The van der Waals surface area contributed by atoms with E-state index in [2.05, 4.69) is 31.3 Å². The van der Waals surface area contributed by atoms with Gasteiger partial charge in [0.05, 0.1) is 0 Å². The maximum absolute atomic E-state index is 5.87. The van der Waals surface area contributed by atoms with Gasteiger partial charge >= 0.3 is 0 Å². The van der Waals surface area contributed by atoms with Gasteiger partial charge in [0.2, 0.25) is 0 Å². The summed E-state index contributed by atoms with van der Waals surface area (Å²) in [6, 6.07) is 15.9. The topological polar surface area (TPSA) is 21.3 Å². The summed E-state index contributed by atoms with van der Waals surface area (Å²) < 4.78 is 5.84. The second kappa shape index (κ2) is 7.32. The van der Waals surface area contributed by atoms with Crippen LogP contribution in [0, 0.1) is 0 Å².